The van der Waals surface area contributed by atoms with Crippen molar-refractivity contribution in [2.75, 3.05) is 46.3 Å². The highest BCUT2D eigenvalue weighted by Crippen LogP contribution is 2.17. The average molecular weight is 225 g/mol. The Morgan fingerprint density at radius 2 is 2.25 bits per heavy atom. The van der Waals surface area contributed by atoms with Gasteiger partial charge in [-0.25, -0.2) is 0 Å². The Morgan fingerprint density at radius 1 is 1.31 bits per heavy atom. The summed E-state index contributed by atoms with van der Waals surface area (Å²) in [6.07, 6.45) is 5.54. The lowest BCUT2D eigenvalue weighted by atomic mass is 9.99. The molecule has 2 atom stereocenters. The molecule has 0 aromatic carbocycles. The zero-order chi connectivity index (χ0) is 11.2. The van der Waals surface area contributed by atoms with Gasteiger partial charge in [0.05, 0.1) is 0 Å². The van der Waals surface area contributed by atoms with Crippen LogP contribution in [0.2, 0.25) is 0 Å². The number of piperidine rings is 1. The predicted molar refractivity (Wildman–Crippen MR) is 68.7 cm³/mol. The Bertz CT molecular complexity index is 183. The van der Waals surface area contributed by atoms with Gasteiger partial charge in [0.15, 0.2) is 0 Å². The number of rotatable bonds is 5. The number of nitrogens with one attached hydrogen (secondary N) is 2. The summed E-state index contributed by atoms with van der Waals surface area (Å²) in [4.78, 5) is 2.45. The first-order valence-corrected chi connectivity index (χ1v) is 6.94. The minimum atomic E-state index is 0.875. The van der Waals surface area contributed by atoms with Crippen molar-refractivity contribution < 1.29 is 0 Å². The van der Waals surface area contributed by atoms with Gasteiger partial charge in [-0.05, 0) is 77.3 Å². The molecule has 3 heteroatoms. The first-order chi connectivity index (χ1) is 7.84. The summed E-state index contributed by atoms with van der Waals surface area (Å²) in [5, 5.41) is 7.11. The fraction of sp³-hybridized carbons (Fsp3) is 1.00. The highest BCUT2D eigenvalue weighted by atomic mass is 15.1. The van der Waals surface area contributed by atoms with Crippen LogP contribution in [-0.2, 0) is 0 Å². The first kappa shape index (κ1) is 12.3. The van der Waals surface area contributed by atoms with Crippen LogP contribution in [0.1, 0.15) is 25.7 Å². The minimum absolute atomic E-state index is 0.875. The van der Waals surface area contributed by atoms with Crippen LogP contribution in [-0.4, -0.2) is 51.2 Å². The standard InChI is InChI=1S/C13H27N3/c1-16-8-5-12(11-16)4-7-15-10-13-3-2-6-14-9-13/h12-15H,2-11H2,1H3. The molecular formula is C13H27N3. The topological polar surface area (TPSA) is 27.3 Å². The van der Waals surface area contributed by atoms with Gasteiger partial charge in [0.25, 0.3) is 0 Å². The smallest absolute Gasteiger partial charge is 0.000756 e. The highest BCUT2D eigenvalue weighted by Gasteiger charge is 2.18. The van der Waals surface area contributed by atoms with Gasteiger partial charge in [-0.1, -0.05) is 0 Å². The Kier molecular flexibility index (Phi) is 5.07. The maximum atomic E-state index is 3.64. The van der Waals surface area contributed by atoms with Crippen LogP contribution in [0.15, 0.2) is 0 Å². The summed E-state index contributed by atoms with van der Waals surface area (Å²) < 4.78 is 0. The minimum Gasteiger partial charge on any atom is -0.316 e. The number of nitrogens with zero attached hydrogens (tertiary/aromatic N) is 1. The third-order valence-corrected chi connectivity index (χ3v) is 4.05. The molecular weight excluding hydrogens is 198 g/mol. The molecule has 3 nitrogen and oxygen atoms in total. The van der Waals surface area contributed by atoms with Crippen molar-refractivity contribution in [1.82, 2.24) is 15.5 Å². The second-order valence-corrected chi connectivity index (χ2v) is 5.62. The van der Waals surface area contributed by atoms with Gasteiger partial charge in [0.1, 0.15) is 0 Å². The van der Waals surface area contributed by atoms with Crippen LogP contribution in [0, 0.1) is 11.8 Å². The van der Waals surface area contributed by atoms with Crippen molar-refractivity contribution in [3.8, 4) is 0 Å². The van der Waals surface area contributed by atoms with Crippen LogP contribution in [0.3, 0.4) is 0 Å². The Labute approximate surface area is 100.0 Å². The summed E-state index contributed by atoms with van der Waals surface area (Å²) in [6.45, 7) is 7.50. The molecule has 2 unspecified atom stereocenters. The zero-order valence-electron chi connectivity index (χ0n) is 10.7. The number of hydrogen-bond acceptors (Lipinski definition) is 3. The summed E-state index contributed by atoms with van der Waals surface area (Å²) in [5.41, 5.74) is 0. The van der Waals surface area contributed by atoms with E-state index >= 15 is 0 Å². The molecule has 0 amide bonds. The number of hydrogen-bond donors (Lipinski definition) is 2. The van der Waals surface area contributed by atoms with E-state index in [0.717, 1.165) is 11.8 Å². The fourth-order valence-electron chi connectivity index (χ4n) is 2.97. The van der Waals surface area contributed by atoms with E-state index in [9.17, 15) is 0 Å². The second-order valence-electron chi connectivity index (χ2n) is 5.62. The number of likely N-dealkylation sites (tertiary alicyclic amines) is 1. The Hall–Kier alpha value is -0.120. The van der Waals surface area contributed by atoms with Gasteiger partial charge in [-0.2, -0.15) is 0 Å². The quantitative estimate of drug-likeness (QED) is 0.681. The molecule has 0 aromatic rings. The monoisotopic (exact) mass is 225 g/mol. The van der Waals surface area contributed by atoms with Crippen LogP contribution in [0.25, 0.3) is 0 Å². The molecule has 2 heterocycles. The molecule has 2 fully saturated rings. The van der Waals surface area contributed by atoms with Crippen LogP contribution >= 0.6 is 0 Å². The largest absolute Gasteiger partial charge is 0.316 e. The Balaban J connectivity index is 1.48. The molecule has 0 aromatic heterocycles. The molecule has 94 valence electrons. The summed E-state index contributed by atoms with van der Waals surface area (Å²) in [7, 11) is 2.24. The molecule has 0 bridgehead atoms. The van der Waals surface area contributed by atoms with Gasteiger partial charge < -0.3 is 15.5 Å². The van der Waals surface area contributed by atoms with E-state index in [4.69, 9.17) is 0 Å². The average Bonchev–Trinajstić information content (AvgIpc) is 2.72. The van der Waals surface area contributed by atoms with Gasteiger partial charge in [-0.15, -0.1) is 0 Å². The second kappa shape index (κ2) is 6.58. The van der Waals surface area contributed by atoms with Crippen molar-refractivity contribution in [3.63, 3.8) is 0 Å². The van der Waals surface area contributed by atoms with E-state index in [1.54, 1.807) is 0 Å². The summed E-state index contributed by atoms with van der Waals surface area (Å²) >= 11 is 0. The summed E-state index contributed by atoms with van der Waals surface area (Å²) in [5.74, 6) is 1.82. The van der Waals surface area contributed by atoms with Crippen molar-refractivity contribution in [2.45, 2.75) is 25.7 Å². The van der Waals surface area contributed by atoms with Crippen LogP contribution in [0.4, 0.5) is 0 Å². The SMILES string of the molecule is CN1CCC(CCNCC2CCCNC2)C1. The van der Waals surface area contributed by atoms with E-state index in [1.165, 1.54) is 65.0 Å². The molecule has 0 spiro atoms. The molecule has 2 saturated heterocycles. The lowest BCUT2D eigenvalue weighted by Crippen LogP contribution is -2.36. The van der Waals surface area contributed by atoms with Crippen molar-refractivity contribution >= 4 is 0 Å². The van der Waals surface area contributed by atoms with E-state index in [0.29, 0.717) is 0 Å². The van der Waals surface area contributed by atoms with Crippen molar-refractivity contribution in [2.24, 2.45) is 11.8 Å². The molecule has 2 aliphatic heterocycles. The predicted octanol–water partition coefficient (Wildman–Crippen LogP) is 0.917. The van der Waals surface area contributed by atoms with E-state index < -0.39 is 0 Å². The van der Waals surface area contributed by atoms with E-state index in [-0.39, 0.29) is 0 Å². The maximum absolute atomic E-state index is 3.64. The fourth-order valence-corrected chi connectivity index (χ4v) is 2.97. The highest BCUT2D eigenvalue weighted by molar-refractivity contribution is 4.75. The van der Waals surface area contributed by atoms with Gasteiger partial charge in [0, 0.05) is 6.54 Å². The van der Waals surface area contributed by atoms with Crippen LogP contribution < -0.4 is 10.6 Å². The van der Waals surface area contributed by atoms with Gasteiger partial charge in [-0.3, -0.25) is 0 Å². The van der Waals surface area contributed by atoms with E-state index in [1.807, 2.05) is 0 Å². The molecule has 0 saturated carbocycles. The van der Waals surface area contributed by atoms with Crippen molar-refractivity contribution in [1.29, 1.82) is 0 Å². The molecule has 2 rings (SSSR count). The third kappa shape index (κ3) is 4.04. The normalized spacial score (nSPS) is 32.1. The Morgan fingerprint density at radius 3 is 2.94 bits per heavy atom. The van der Waals surface area contributed by atoms with Gasteiger partial charge >= 0.3 is 0 Å². The lowest BCUT2D eigenvalue weighted by Gasteiger charge is -2.23. The lowest BCUT2D eigenvalue weighted by molar-refractivity contribution is 0.349. The molecule has 2 aliphatic rings. The van der Waals surface area contributed by atoms with Crippen LogP contribution in [0.5, 0.6) is 0 Å². The molecule has 0 radical (unpaired) electrons. The molecule has 16 heavy (non-hydrogen) atoms. The molecule has 0 aliphatic carbocycles. The molecule has 2 N–H and O–H groups in total. The van der Waals surface area contributed by atoms with Crippen molar-refractivity contribution in [3.05, 3.63) is 0 Å². The maximum Gasteiger partial charge on any atom is 0.000756 e. The zero-order valence-corrected chi connectivity index (χ0v) is 10.7. The van der Waals surface area contributed by atoms with E-state index in [2.05, 4.69) is 22.6 Å². The first-order valence-electron chi connectivity index (χ1n) is 6.94. The third-order valence-electron chi connectivity index (χ3n) is 4.05. The summed E-state index contributed by atoms with van der Waals surface area (Å²) in [6, 6.07) is 0. The van der Waals surface area contributed by atoms with Gasteiger partial charge in [0.2, 0.25) is 0 Å².